The lowest BCUT2D eigenvalue weighted by atomic mass is 10.1. The highest BCUT2D eigenvalue weighted by Gasteiger charge is 2.20. The molecule has 0 radical (unpaired) electrons. The molecular formula is C22H24N4. The molecule has 0 unspecified atom stereocenters. The summed E-state index contributed by atoms with van der Waals surface area (Å²) in [5, 5.41) is 9.32. The molecule has 0 amide bonds. The second kappa shape index (κ2) is 7.31. The van der Waals surface area contributed by atoms with Crippen molar-refractivity contribution in [1.82, 2.24) is 14.5 Å². The van der Waals surface area contributed by atoms with Crippen LogP contribution < -0.4 is 0 Å². The fourth-order valence-electron chi connectivity index (χ4n) is 3.95. The zero-order valence-electron chi connectivity index (χ0n) is 15.2. The first kappa shape index (κ1) is 16.8. The number of fused-ring (bicyclic) bond motifs is 1. The Morgan fingerprint density at radius 2 is 1.85 bits per heavy atom. The summed E-state index contributed by atoms with van der Waals surface area (Å²) in [4.78, 5) is 7.44. The Hall–Kier alpha value is -2.64. The number of piperidine rings is 1. The summed E-state index contributed by atoms with van der Waals surface area (Å²) in [6.07, 6.45) is 3.87. The maximum absolute atomic E-state index is 9.32. The molecule has 4 heteroatoms. The van der Waals surface area contributed by atoms with Gasteiger partial charge in [-0.2, -0.15) is 5.26 Å². The van der Waals surface area contributed by atoms with Crippen molar-refractivity contribution >= 4 is 11.0 Å². The second-order valence-electron chi connectivity index (χ2n) is 7.14. The van der Waals surface area contributed by atoms with Gasteiger partial charge < -0.3 is 4.57 Å². The van der Waals surface area contributed by atoms with Gasteiger partial charge in [0.2, 0.25) is 0 Å². The molecule has 2 heterocycles. The third kappa shape index (κ3) is 3.23. The number of aromatic nitrogens is 2. The molecule has 1 aliphatic rings. The Morgan fingerprint density at radius 1 is 1.08 bits per heavy atom. The van der Waals surface area contributed by atoms with Gasteiger partial charge in [0.15, 0.2) is 0 Å². The summed E-state index contributed by atoms with van der Waals surface area (Å²) in [6.45, 7) is 5.38. The minimum absolute atomic E-state index is 0.176. The first-order valence-corrected chi connectivity index (χ1v) is 9.44. The number of imidazole rings is 1. The Labute approximate surface area is 154 Å². The summed E-state index contributed by atoms with van der Waals surface area (Å²) in [6, 6.07) is 18.8. The summed E-state index contributed by atoms with van der Waals surface area (Å²) in [7, 11) is 0. The maximum Gasteiger partial charge on any atom is 0.124 e. The molecule has 0 saturated carbocycles. The predicted molar refractivity (Wildman–Crippen MR) is 104 cm³/mol. The maximum atomic E-state index is 9.32. The summed E-state index contributed by atoms with van der Waals surface area (Å²) >= 11 is 0. The van der Waals surface area contributed by atoms with E-state index in [9.17, 15) is 5.26 Å². The van der Waals surface area contributed by atoms with E-state index in [1.165, 1.54) is 24.8 Å². The van der Waals surface area contributed by atoms with E-state index in [1.807, 2.05) is 24.3 Å². The van der Waals surface area contributed by atoms with Crippen LogP contribution in [0.1, 0.15) is 49.2 Å². The highest BCUT2D eigenvalue weighted by atomic mass is 15.2. The van der Waals surface area contributed by atoms with E-state index in [0.717, 1.165) is 36.5 Å². The van der Waals surface area contributed by atoms with Crippen molar-refractivity contribution in [1.29, 1.82) is 5.26 Å². The third-order valence-corrected chi connectivity index (χ3v) is 5.37. The van der Waals surface area contributed by atoms with Gasteiger partial charge in [-0.05, 0) is 56.6 Å². The molecule has 2 aromatic carbocycles. The monoisotopic (exact) mass is 344 g/mol. The van der Waals surface area contributed by atoms with Crippen LogP contribution in [0.5, 0.6) is 0 Å². The summed E-state index contributed by atoms with van der Waals surface area (Å²) in [5.74, 6) is 1.09. The number of benzene rings is 2. The van der Waals surface area contributed by atoms with Gasteiger partial charge in [0.05, 0.1) is 35.3 Å². The molecule has 4 rings (SSSR count). The zero-order valence-corrected chi connectivity index (χ0v) is 15.2. The standard InChI is InChI=1S/C22H24N4/c1-17(19-8-4-2-5-9-19)26-21-14-18(15-23)10-11-20(21)24-22(26)16-25-12-6-3-7-13-25/h2,4-5,8-11,14,17H,3,6-7,12-13,16H2,1H3/t17-/m0/s1. The van der Waals surface area contributed by atoms with E-state index in [1.54, 1.807) is 0 Å². The van der Waals surface area contributed by atoms with Gasteiger partial charge in [-0.3, -0.25) is 4.90 Å². The van der Waals surface area contributed by atoms with Crippen molar-refractivity contribution in [3.05, 3.63) is 65.5 Å². The van der Waals surface area contributed by atoms with Crippen molar-refractivity contribution in [3.8, 4) is 6.07 Å². The normalized spacial score (nSPS) is 16.5. The predicted octanol–water partition coefficient (Wildman–Crippen LogP) is 4.50. The fourth-order valence-corrected chi connectivity index (χ4v) is 3.95. The van der Waals surface area contributed by atoms with Crippen LogP contribution in [0.15, 0.2) is 48.5 Å². The molecular weight excluding hydrogens is 320 g/mol. The highest BCUT2D eigenvalue weighted by molar-refractivity contribution is 5.78. The first-order valence-electron chi connectivity index (χ1n) is 9.44. The topological polar surface area (TPSA) is 44.9 Å². The molecule has 1 fully saturated rings. The number of likely N-dealkylation sites (tertiary alicyclic amines) is 1. The highest BCUT2D eigenvalue weighted by Crippen LogP contribution is 2.28. The van der Waals surface area contributed by atoms with Crippen molar-refractivity contribution in [3.63, 3.8) is 0 Å². The molecule has 0 aliphatic carbocycles. The third-order valence-electron chi connectivity index (χ3n) is 5.37. The smallest absolute Gasteiger partial charge is 0.124 e. The van der Waals surface area contributed by atoms with Crippen LogP contribution in [0, 0.1) is 11.3 Å². The molecule has 0 bridgehead atoms. The van der Waals surface area contributed by atoms with Crippen molar-refractivity contribution < 1.29 is 0 Å². The van der Waals surface area contributed by atoms with Gasteiger partial charge >= 0.3 is 0 Å². The largest absolute Gasteiger partial charge is 0.320 e. The molecule has 1 atom stereocenters. The van der Waals surface area contributed by atoms with Crippen LogP contribution in [0.3, 0.4) is 0 Å². The average molecular weight is 344 g/mol. The quantitative estimate of drug-likeness (QED) is 0.700. The number of nitrogens with zero attached hydrogens (tertiary/aromatic N) is 4. The number of rotatable bonds is 4. The van der Waals surface area contributed by atoms with E-state index >= 15 is 0 Å². The van der Waals surface area contributed by atoms with Crippen LogP contribution in [0.2, 0.25) is 0 Å². The molecule has 1 aromatic heterocycles. The lowest BCUT2D eigenvalue weighted by molar-refractivity contribution is 0.213. The van der Waals surface area contributed by atoms with E-state index in [-0.39, 0.29) is 6.04 Å². The zero-order chi connectivity index (χ0) is 17.9. The first-order chi connectivity index (χ1) is 12.8. The van der Waals surface area contributed by atoms with Gasteiger partial charge in [0.1, 0.15) is 5.82 Å². The minimum atomic E-state index is 0.176. The lowest BCUT2D eigenvalue weighted by Crippen LogP contribution is -2.30. The van der Waals surface area contributed by atoms with E-state index in [0.29, 0.717) is 5.56 Å². The Bertz CT molecular complexity index is 930. The molecule has 3 aromatic rings. The molecule has 1 saturated heterocycles. The molecule has 1 aliphatic heterocycles. The van der Waals surface area contributed by atoms with Crippen LogP contribution in [-0.2, 0) is 6.54 Å². The lowest BCUT2D eigenvalue weighted by Gasteiger charge is -2.27. The van der Waals surface area contributed by atoms with Crippen LogP contribution in [0.4, 0.5) is 0 Å². The number of nitriles is 1. The van der Waals surface area contributed by atoms with Gasteiger partial charge in [0, 0.05) is 0 Å². The van der Waals surface area contributed by atoms with E-state index in [2.05, 4.69) is 46.7 Å². The summed E-state index contributed by atoms with van der Waals surface area (Å²) < 4.78 is 2.32. The Kier molecular flexibility index (Phi) is 4.73. The Morgan fingerprint density at radius 3 is 2.58 bits per heavy atom. The molecule has 0 N–H and O–H groups in total. The molecule has 4 nitrogen and oxygen atoms in total. The average Bonchev–Trinajstić information content (AvgIpc) is 3.05. The van der Waals surface area contributed by atoms with Gasteiger partial charge in [-0.25, -0.2) is 4.98 Å². The number of hydrogen-bond donors (Lipinski definition) is 0. The van der Waals surface area contributed by atoms with Crippen LogP contribution in [-0.4, -0.2) is 27.5 Å². The fraction of sp³-hybridized carbons (Fsp3) is 0.364. The van der Waals surface area contributed by atoms with Gasteiger partial charge in [-0.15, -0.1) is 0 Å². The van der Waals surface area contributed by atoms with Crippen molar-refractivity contribution in [2.75, 3.05) is 13.1 Å². The van der Waals surface area contributed by atoms with E-state index < -0.39 is 0 Å². The van der Waals surface area contributed by atoms with Gasteiger partial charge in [-0.1, -0.05) is 36.8 Å². The van der Waals surface area contributed by atoms with Gasteiger partial charge in [0.25, 0.3) is 0 Å². The second-order valence-corrected chi connectivity index (χ2v) is 7.14. The summed E-state index contributed by atoms with van der Waals surface area (Å²) in [5.41, 5.74) is 3.96. The van der Waals surface area contributed by atoms with Crippen LogP contribution in [0.25, 0.3) is 11.0 Å². The minimum Gasteiger partial charge on any atom is -0.320 e. The van der Waals surface area contributed by atoms with Crippen molar-refractivity contribution in [2.45, 2.75) is 38.8 Å². The van der Waals surface area contributed by atoms with E-state index in [4.69, 9.17) is 4.98 Å². The SMILES string of the molecule is C[C@@H](c1ccccc1)n1c(CN2CCCCC2)nc2ccc(C#N)cc21. The van der Waals surface area contributed by atoms with Crippen LogP contribution >= 0.6 is 0 Å². The molecule has 132 valence electrons. The molecule has 26 heavy (non-hydrogen) atoms. The Balaban J connectivity index is 1.80. The number of hydrogen-bond acceptors (Lipinski definition) is 3. The molecule has 0 spiro atoms. The van der Waals surface area contributed by atoms with Crippen molar-refractivity contribution in [2.24, 2.45) is 0 Å².